The minimum absolute atomic E-state index is 0.104. The average Bonchev–Trinajstić information content (AvgIpc) is 3.27. The van der Waals surface area contributed by atoms with Gasteiger partial charge >= 0.3 is 0 Å². The van der Waals surface area contributed by atoms with Crippen LogP contribution >= 0.6 is 11.6 Å². The molecule has 0 radical (unpaired) electrons. The van der Waals surface area contributed by atoms with Crippen LogP contribution in [0.1, 0.15) is 64.9 Å². The number of hydrogen-bond donors (Lipinski definition) is 1. The maximum absolute atomic E-state index is 13.8. The van der Waals surface area contributed by atoms with Crippen molar-refractivity contribution in [3.8, 4) is 16.9 Å². The minimum atomic E-state index is -0.461. The van der Waals surface area contributed by atoms with Crippen molar-refractivity contribution < 1.29 is 9.59 Å². The lowest BCUT2D eigenvalue weighted by Crippen LogP contribution is -2.42. The smallest absolute Gasteiger partial charge is 0.162 e. The summed E-state index contributed by atoms with van der Waals surface area (Å²) in [6, 6.07) is 17.5. The molecule has 2 heterocycles. The number of dihydropyridines is 1. The standard InChI is InChI=1S/C32H32ClN3O2/c1-31(2)14-23-28(25(37)16-31)27(29-24(34-23)15-32(3,4)17-26(29)38)22-18-36(21-8-6-5-7-9-21)35-30(22)19-10-12-20(33)13-11-19/h5-13,18,27,34H,14-17H2,1-4H3. The fourth-order valence-corrected chi connectivity index (χ4v) is 6.47. The van der Waals surface area contributed by atoms with Crippen LogP contribution in [0.5, 0.6) is 0 Å². The number of aromatic nitrogens is 2. The Bertz CT molecular complexity index is 1470. The number of nitrogens with one attached hydrogen (secondary N) is 1. The van der Waals surface area contributed by atoms with Crippen LogP contribution < -0.4 is 5.32 Å². The SMILES string of the molecule is CC1(C)CC(=O)C2=C(C1)NC1=C(C(=O)CC(C)(C)C1)C2c1cn(-c2ccccc2)nc1-c1ccc(Cl)cc1. The van der Waals surface area contributed by atoms with Gasteiger partial charge in [-0.05, 0) is 47.9 Å². The van der Waals surface area contributed by atoms with E-state index in [0.717, 1.165) is 57.9 Å². The summed E-state index contributed by atoms with van der Waals surface area (Å²) >= 11 is 6.22. The number of nitrogens with zero attached hydrogens (tertiary/aromatic N) is 2. The summed E-state index contributed by atoms with van der Waals surface area (Å²) in [5, 5.41) is 9.27. The highest BCUT2D eigenvalue weighted by Gasteiger charge is 2.47. The summed E-state index contributed by atoms with van der Waals surface area (Å²) in [5.74, 6) is -0.253. The summed E-state index contributed by atoms with van der Waals surface area (Å²) < 4.78 is 1.86. The molecule has 38 heavy (non-hydrogen) atoms. The van der Waals surface area contributed by atoms with Gasteiger partial charge in [-0.25, -0.2) is 4.68 Å². The van der Waals surface area contributed by atoms with Gasteiger partial charge in [0.05, 0.1) is 11.4 Å². The Labute approximate surface area is 228 Å². The summed E-state index contributed by atoms with van der Waals surface area (Å²) in [7, 11) is 0. The molecule has 194 valence electrons. The number of ketones is 2. The van der Waals surface area contributed by atoms with E-state index in [1.807, 2.05) is 65.5 Å². The Morgan fingerprint density at radius 1 is 0.816 bits per heavy atom. The van der Waals surface area contributed by atoms with Crippen LogP contribution in [0.15, 0.2) is 83.3 Å². The highest BCUT2D eigenvalue weighted by molar-refractivity contribution is 6.30. The number of para-hydroxylation sites is 1. The van der Waals surface area contributed by atoms with Crippen LogP contribution in [0.25, 0.3) is 16.9 Å². The molecule has 0 amide bonds. The maximum Gasteiger partial charge on any atom is 0.162 e. The summed E-state index contributed by atoms with van der Waals surface area (Å²) in [6.45, 7) is 8.55. The van der Waals surface area contributed by atoms with Gasteiger partial charge in [0.1, 0.15) is 0 Å². The van der Waals surface area contributed by atoms with Gasteiger partial charge in [0, 0.05) is 63.6 Å². The number of carbonyl (C=O) groups excluding carboxylic acids is 2. The first-order valence-electron chi connectivity index (χ1n) is 13.2. The van der Waals surface area contributed by atoms with E-state index in [1.54, 1.807) is 0 Å². The molecule has 6 rings (SSSR count). The number of benzene rings is 2. The second-order valence-electron chi connectivity index (χ2n) is 12.4. The van der Waals surface area contributed by atoms with Crippen molar-refractivity contribution in [3.63, 3.8) is 0 Å². The number of halogens is 1. The quantitative estimate of drug-likeness (QED) is 0.394. The molecule has 1 aromatic heterocycles. The Morgan fingerprint density at radius 2 is 1.37 bits per heavy atom. The first kappa shape index (κ1) is 24.9. The Morgan fingerprint density at radius 3 is 1.92 bits per heavy atom. The molecular formula is C32H32ClN3O2. The first-order valence-corrected chi connectivity index (χ1v) is 13.6. The predicted molar refractivity (Wildman–Crippen MR) is 150 cm³/mol. The topological polar surface area (TPSA) is 64.0 Å². The third-order valence-electron chi connectivity index (χ3n) is 7.91. The third kappa shape index (κ3) is 4.33. The van der Waals surface area contributed by atoms with Gasteiger partial charge in [0.15, 0.2) is 11.6 Å². The van der Waals surface area contributed by atoms with Crippen LogP contribution in [0.2, 0.25) is 5.02 Å². The van der Waals surface area contributed by atoms with Crippen molar-refractivity contribution in [2.45, 2.75) is 59.3 Å². The van der Waals surface area contributed by atoms with E-state index in [9.17, 15) is 9.59 Å². The highest BCUT2D eigenvalue weighted by atomic mass is 35.5. The lowest BCUT2D eigenvalue weighted by molar-refractivity contribution is -0.119. The van der Waals surface area contributed by atoms with Crippen molar-refractivity contribution in [1.82, 2.24) is 15.1 Å². The fourth-order valence-electron chi connectivity index (χ4n) is 6.34. The first-order chi connectivity index (χ1) is 18.0. The Balaban J connectivity index is 1.62. The molecule has 0 atom stereocenters. The van der Waals surface area contributed by atoms with E-state index in [2.05, 4.69) is 33.0 Å². The number of rotatable bonds is 3. The molecule has 0 unspecified atom stereocenters. The van der Waals surface area contributed by atoms with Crippen LogP contribution in [0, 0.1) is 10.8 Å². The van der Waals surface area contributed by atoms with Crippen LogP contribution in [-0.4, -0.2) is 21.3 Å². The second-order valence-corrected chi connectivity index (χ2v) is 12.9. The Hall–Kier alpha value is -3.44. The van der Waals surface area contributed by atoms with Crippen molar-refractivity contribution in [3.05, 3.63) is 93.9 Å². The summed E-state index contributed by atoms with van der Waals surface area (Å²) in [6.07, 6.45) is 4.44. The van der Waals surface area contributed by atoms with E-state index in [1.165, 1.54) is 0 Å². The van der Waals surface area contributed by atoms with Gasteiger partial charge in [-0.3, -0.25) is 9.59 Å². The largest absolute Gasteiger partial charge is 0.362 e. The van der Waals surface area contributed by atoms with Crippen LogP contribution in [0.3, 0.4) is 0 Å². The fraction of sp³-hybridized carbons (Fsp3) is 0.344. The van der Waals surface area contributed by atoms with Crippen molar-refractivity contribution in [2.24, 2.45) is 10.8 Å². The van der Waals surface area contributed by atoms with Gasteiger partial charge in [0.2, 0.25) is 0 Å². The monoisotopic (exact) mass is 525 g/mol. The van der Waals surface area contributed by atoms with Gasteiger partial charge < -0.3 is 5.32 Å². The molecule has 0 fully saturated rings. The van der Waals surface area contributed by atoms with Crippen LogP contribution in [0.4, 0.5) is 0 Å². The number of allylic oxidation sites excluding steroid dienone is 4. The number of carbonyl (C=O) groups is 2. The molecule has 2 aliphatic carbocycles. The van der Waals surface area contributed by atoms with Gasteiger partial charge in [0.25, 0.3) is 0 Å². The van der Waals surface area contributed by atoms with Crippen molar-refractivity contribution >= 4 is 23.2 Å². The molecule has 2 aromatic carbocycles. The maximum atomic E-state index is 13.8. The number of Topliss-reactive ketones (excluding diaryl/α,β-unsaturated/α-hetero) is 2. The van der Waals surface area contributed by atoms with Gasteiger partial charge in [-0.1, -0.05) is 69.6 Å². The predicted octanol–water partition coefficient (Wildman–Crippen LogP) is 7.17. The molecule has 3 aromatic rings. The van der Waals surface area contributed by atoms with Gasteiger partial charge in [-0.2, -0.15) is 5.10 Å². The molecular weight excluding hydrogens is 494 g/mol. The summed E-state index contributed by atoms with van der Waals surface area (Å²) in [5.41, 5.74) is 6.50. The molecule has 0 saturated carbocycles. The zero-order valence-corrected chi connectivity index (χ0v) is 23.0. The second kappa shape index (κ2) is 8.81. The zero-order chi connectivity index (χ0) is 26.8. The van der Waals surface area contributed by atoms with E-state index in [0.29, 0.717) is 17.9 Å². The molecule has 5 nitrogen and oxygen atoms in total. The van der Waals surface area contributed by atoms with E-state index in [-0.39, 0.29) is 22.4 Å². The summed E-state index contributed by atoms with van der Waals surface area (Å²) in [4.78, 5) is 27.7. The highest BCUT2D eigenvalue weighted by Crippen LogP contribution is 2.52. The molecule has 0 saturated heterocycles. The van der Waals surface area contributed by atoms with Crippen molar-refractivity contribution in [1.29, 1.82) is 0 Å². The molecule has 3 aliphatic rings. The average molecular weight is 526 g/mol. The lowest BCUT2D eigenvalue weighted by atomic mass is 9.64. The van der Waals surface area contributed by atoms with E-state index < -0.39 is 5.92 Å². The molecule has 0 bridgehead atoms. The zero-order valence-electron chi connectivity index (χ0n) is 22.3. The molecule has 6 heteroatoms. The lowest BCUT2D eigenvalue weighted by Gasteiger charge is -2.43. The number of hydrogen-bond acceptors (Lipinski definition) is 4. The van der Waals surface area contributed by atoms with Crippen molar-refractivity contribution in [2.75, 3.05) is 0 Å². The third-order valence-corrected chi connectivity index (χ3v) is 8.16. The normalized spacial score (nSPS) is 20.8. The molecule has 1 aliphatic heterocycles. The molecule has 1 N–H and O–H groups in total. The Kier molecular flexibility index (Phi) is 5.76. The van der Waals surface area contributed by atoms with Crippen LogP contribution in [-0.2, 0) is 9.59 Å². The van der Waals surface area contributed by atoms with Gasteiger partial charge in [-0.15, -0.1) is 0 Å². The van der Waals surface area contributed by atoms with E-state index >= 15 is 0 Å². The minimum Gasteiger partial charge on any atom is -0.362 e. The molecule has 0 spiro atoms. The van der Waals surface area contributed by atoms with E-state index in [4.69, 9.17) is 16.7 Å².